The summed E-state index contributed by atoms with van der Waals surface area (Å²) in [6, 6.07) is 3.23. The molecule has 0 aromatic carbocycles. The standard InChI is InChI=1S/C13H25N3/c1-5-11(2)16-8-12(6-7-14)15-9-13(3,4)10-16/h11-12,15H,5-6,8-10H2,1-4H3. The van der Waals surface area contributed by atoms with Crippen LogP contribution in [0, 0.1) is 16.7 Å². The minimum absolute atomic E-state index is 0.299. The maximum absolute atomic E-state index is 8.81. The third-order valence-corrected chi connectivity index (χ3v) is 3.51. The lowest BCUT2D eigenvalue weighted by Gasteiger charge is -2.33. The van der Waals surface area contributed by atoms with E-state index in [9.17, 15) is 0 Å². The summed E-state index contributed by atoms with van der Waals surface area (Å²) >= 11 is 0. The summed E-state index contributed by atoms with van der Waals surface area (Å²) in [5, 5.41) is 12.3. The zero-order valence-corrected chi connectivity index (χ0v) is 11.1. The van der Waals surface area contributed by atoms with Crippen LogP contribution < -0.4 is 5.32 Å². The second-order valence-corrected chi connectivity index (χ2v) is 5.79. The molecular formula is C13H25N3. The van der Waals surface area contributed by atoms with Crippen LogP contribution in [0.25, 0.3) is 0 Å². The van der Waals surface area contributed by atoms with Crippen LogP contribution in [-0.4, -0.2) is 36.6 Å². The zero-order chi connectivity index (χ0) is 12.2. The Kier molecular flexibility index (Phi) is 4.76. The van der Waals surface area contributed by atoms with E-state index < -0.39 is 0 Å². The Balaban J connectivity index is 2.70. The van der Waals surface area contributed by atoms with Gasteiger partial charge in [0.05, 0.1) is 12.5 Å². The average molecular weight is 223 g/mol. The van der Waals surface area contributed by atoms with Crippen molar-refractivity contribution in [3.05, 3.63) is 0 Å². The molecule has 0 amide bonds. The van der Waals surface area contributed by atoms with Gasteiger partial charge in [-0.1, -0.05) is 20.8 Å². The molecule has 1 rings (SSSR count). The highest BCUT2D eigenvalue weighted by atomic mass is 15.2. The molecule has 0 aliphatic carbocycles. The van der Waals surface area contributed by atoms with E-state index in [1.807, 2.05) is 0 Å². The second-order valence-electron chi connectivity index (χ2n) is 5.79. The Labute approximate surface area is 99.8 Å². The summed E-state index contributed by atoms with van der Waals surface area (Å²) in [6.07, 6.45) is 1.79. The molecule has 2 atom stereocenters. The van der Waals surface area contributed by atoms with Crippen LogP contribution >= 0.6 is 0 Å². The van der Waals surface area contributed by atoms with Gasteiger partial charge < -0.3 is 5.32 Å². The summed E-state index contributed by atoms with van der Waals surface area (Å²) < 4.78 is 0. The summed E-state index contributed by atoms with van der Waals surface area (Å²) in [7, 11) is 0. The lowest BCUT2D eigenvalue weighted by molar-refractivity contribution is 0.152. The molecule has 3 heteroatoms. The van der Waals surface area contributed by atoms with Gasteiger partial charge in [-0.05, 0) is 18.8 Å². The van der Waals surface area contributed by atoms with Crippen LogP contribution in [0.15, 0.2) is 0 Å². The van der Waals surface area contributed by atoms with Gasteiger partial charge in [-0.3, -0.25) is 4.90 Å². The van der Waals surface area contributed by atoms with Crippen LogP contribution in [0.2, 0.25) is 0 Å². The van der Waals surface area contributed by atoms with Gasteiger partial charge in [0.1, 0.15) is 0 Å². The number of hydrogen-bond acceptors (Lipinski definition) is 3. The lowest BCUT2D eigenvalue weighted by atomic mass is 9.92. The van der Waals surface area contributed by atoms with Crippen molar-refractivity contribution in [2.75, 3.05) is 19.6 Å². The number of nitrogens with zero attached hydrogens (tertiary/aromatic N) is 2. The third kappa shape index (κ3) is 3.77. The average Bonchev–Trinajstić information content (AvgIpc) is 2.37. The molecule has 16 heavy (non-hydrogen) atoms. The fourth-order valence-corrected chi connectivity index (χ4v) is 2.28. The SMILES string of the molecule is CCC(C)N1CC(CC#N)NCC(C)(C)C1. The first-order valence-corrected chi connectivity index (χ1v) is 6.33. The Bertz CT molecular complexity index is 254. The summed E-state index contributed by atoms with van der Waals surface area (Å²) in [5.41, 5.74) is 0.299. The number of hydrogen-bond donors (Lipinski definition) is 1. The summed E-state index contributed by atoms with van der Waals surface area (Å²) in [6.45, 7) is 12.2. The fourth-order valence-electron chi connectivity index (χ4n) is 2.28. The number of nitriles is 1. The highest BCUT2D eigenvalue weighted by Gasteiger charge is 2.30. The smallest absolute Gasteiger partial charge is 0.0638 e. The molecule has 0 saturated carbocycles. The molecule has 0 aromatic rings. The molecule has 2 unspecified atom stereocenters. The summed E-state index contributed by atoms with van der Waals surface area (Å²) in [5.74, 6) is 0. The van der Waals surface area contributed by atoms with Crippen LogP contribution in [0.4, 0.5) is 0 Å². The maximum atomic E-state index is 8.81. The fraction of sp³-hybridized carbons (Fsp3) is 0.923. The molecule has 0 spiro atoms. The van der Waals surface area contributed by atoms with Crippen molar-refractivity contribution < 1.29 is 0 Å². The molecule has 1 fully saturated rings. The number of rotatable bonds is 3. The first-order valence-electron chi connectivity index (χ1n) is 6.33. The number of nitrogens with one attached hydrogen (secondary N) is 1. The van der Waals surface area contributed by atoms with E-state index in [4.69, 9.17) is 5.26 Å². The monoisotopic (exact) mass is 223 g/mol. The van der Waals surface area contributed by atoms with Crippen molar-refractivity contribution >= 4 is 0 Å². The molecule has 1 heterocycles. The van der Waals surface area contributed by atoms with Gasteiger partial charge in [0.2, 0.25) is 0 Å². The van der Waals surface area contributed by atoms with Crippen molar-refractivity contribution in [3.8, 4) is 6.07 Å². The first-order chi connectivity index (χ1) is 7.48. The maximum Gasteiger partial charge on any atom is 0.0638 e. The molecule has 0 bridgehead atoms. The largest absolute Gasteiger partial charge is 0.311 e. The van der Waals surface area contributed by atoms with Gasteiger partial charge in [-0.25, -0.2) is 0 Å². The Hall–Kier alpha value is -0.590. The molecule has 0 radical (unpaired) electrons. The Morgan fingerprint density at radius 3 is 2.81 bits per heavy atom. The van der Waals surface area contributed by atoms with Crippen molar-refractivity contribution in [3.63, 3.8) is 0 Å². The molecule has 0 aromatic heterocycles. The van der Waals surface area contributed by atoms with Gasteiger partial charge in [0, 0.05) is 31.7 Å². The predicted octanol–water partition coefficient (Wildman–Crippen LogP) is 2.00. The van der Waals surface area contributed by atoms with Crippen molar-refractivity contribution in [2.45, 2.75) is 52.6 Å². The van der Waals surface area contributed by atoms with E-state index in [-0.39, 0.29) is 0 Å². The van der Waals surface area contributed by atoms with Crippen LogP contribution in [0.1, 0.15) is 40.5 Å². The van der Waals surface area contributed by atoms with Gasteiger partial charge in [0.25, 0.3) is 0 Å². The quantitative estimate of drug-likeness (QED) is 0.795. The molecule has 1 aliphatic rings. The topological polar surface area (TPSA) is 39.1 Å². The lowest BCUT2D eigenvalue weighted by Crippen LogP contribution is -2.42. The third-order valence-electron chi connectivity index (χ3n) is 3.51. The first kappa shape index (κ1) is 13.5. The van der Waals surface area contributed by atoms with E-state index in [0.717, 1.165) is 19.6 Å². The highest BCUT2D eigenvalue weighted by molar-refractivity contribution is 4.91. The van der Waals surface area contributed by atoms with Crippen LogP contribution in [-0.2, 0) is 0 Å². The van der Waals surface area contributed by atoms with Crippen LogP contribution in [0.5, 0.6) is 0 Å². The van der Waals surface area contributed by atoms with E-state index >= 15 is 0 Å². The minimum Gasteiger partial charge on any atom is -0.311 e. The van der Waals surface area contributed by atoms with E-state index in [0.29, 0.717) is 23.9 Å². The van der Waals surface area contributed by atoms with Gasteiger partial charge in [-0.2, -0.15) is 5.26 Å². The molecule has 1 saturated heterocycles. The highest BCUT2D eigenvalue weighted by Crippen LogP contribution is 2.22. The van der Waals surface area contributed by atoms with E-state index in [1.54, 1.807) is 0 Å². The predicted molar refractivity (Wildman–Crippen MR) is 67.1 cm³/mol. The Morgan fingerprint density at radius 1 is 1.56 bits per heavy atom. The zero-order valence-electron chi connectivity index (χ0n) is 11.1. The van der Waals surface area contributed by atoms with Crippen molar-refractivity contribution in [2.24, 2.45) is 5.41 Å². The molecule has 1 N–H and O–H groups in total. The van der Waals surface area contributed by atoms with Gasteiger partial charge >= 0.3 is 0 Å². The summed E-state index contributed by atoms with van der Waals surface area (Å²) in [4.78, 5) is 2.53. The minimum atomic E-state index is 0.299. The van der Waals surface area contributed by atoms with Crippen molar-refractivity contribution in [1.82, 2.24) is 10.2 Å². The van der Waals surface area contributed by atoms with Gasteiger partial charge in [-0.15, -0.1) is 0 Å². The molecule has 3 nitrogen and oxygen atoms in total. The van der Waals surface area contributed by atoms with E-state index in [2.05, 4.69) is 44.0 Å². The van der Waals surface area contributed by atoms with Gasteiger partial charge in [0.15, 0.2) is 0 Å². The normalized spacial score (nSPS) is 28.1. The Morgan fingerprint density at radius 2 is 2.25 bits per heavy atom. The molecule has 1 aliphatic heterocycles. The molecular weight excluding hydrogens is 198 g/mol. The molecule has 92 valence electrons. The van der Waals surface area contributed by atoms with Crippen LogP contribution in [0.3, 0.4) is 0 Å². The second kappa shape index (κ2) is 5.65. The van der Waals surface area contributed by atoms with E-state index in [1.165, 1.54) is 6.42 Å². The van der Waals surface area contributed by atoms with Crippen molar-refractivity contribution in [1.29, 1.82) is 5.26 Å².